The first kappa shape index (κ1) is 22.7. The van der Waals surface area contributed by atoms with Crippen molar-refractivity contribution in [1.29, 1.82) is 0 Å². The number of hydrogen-bond donors (Lipinski definition) is 1. The molecule has 2 rings (SSSR count). The third kappa shape index (κ3) is 7.13. The molecule has 0 unspecified atom stereocenters. The van der Waals surface area contributed by atoms with Gasteiger partial charge in [-0.05, 0) is 13.3 Å². The van der Waals surface area contributed by atoms with Gasteiger partial charge in [0.05, 0.1) is 5.75 Å². The van der Waals surface area contributed by atoms with Crippen molar-refractivity contribution in [2.75, 3.05) is 36.8 Å². The largest absolute Gasteiger partial charge is 0.355 e. The minimum atomic E-state index is -0.0182. The van der Waals surface area contributed by atoms with Crippen LogP contribution in [0.15, 0.2) is 11.2 Å². The maximum absolute atomic E-state index is 12.0. The third-order valence-electron chi connectivity index (χ3n) is 4.70. The minimum absolute atomic E-state index is 0.0182. The van der Waals surface area contributed by atoms with Gasteiger partial charge in [0.15, 0.2) is 5.16 Å². The van der Waals surface area contributed by atoms with Crippen LogP contribution >= 0.6 is 23.4 Å². The van der Waals surface area contributed by atoms with Gasteiger partial charge in [0.1, 0.15) is 11.0 Å². The number of anilines is 1. The molecule has 28 heavy (non-hydrogen) atoms. The normalized spacial score (nSPS) is 16.9. The van der Waals surface area contributed by atoms with E-state index < -0.39 is 0 Å². The van der Waals surface area contributed by atoms with Crippen LogP contribution in [0.3, 0.4) is 0 Å². The smallest absolute Gasteiger partial charge is 0.230 e. The van der Waals surface area contributed by atoms with Gasteiger partial charge in [-0.3, -0.25) is 9.59 Å². The van der Waals surface area contributed by atoms with Crippen LogP contribution in [-0.4, -0.2) is 64.7 Å². The molecule has 1 aromatic heterocycles. The van der Waals surface area contributed by atoms with Crippen LogP contribution in [0.2, 0.25) is 5.15 Å². The average molecular weight is 428 g/mol. The van der Waals surface area contributed by atoms with Crippen LogP contribution in [0.4, 0.5) is 5.82 Å². The van der Waals surface area contributed by atoms with Crippen LogP contribution in [-0.2, 0) is 9.59 Å². The second-order valence-corrected chi connectivity index (χ2v) is 8.37. The fraction of sp³-hybridized carbons (Fsp3) is 0.684. The summed E-state index contributed by atoms with van der Waals surface area (Å²) in [5.74, 6) is 1.07. The molecule has 156 valence electrons. The van der Waals surface area contributed by atoms with Crippen molar-refractivity contribution >= 4 is 41.0 Å². The van der Waals surface area contributed by atoms with Crippen molar-refractivity contribution < 1.29 is 9.59 Å². The van der Waals surface area contributed by atoms with E-state index in [4.69, 9.17) is 11.6 Å². The number of aromatic nitrogens is 2. The van der Waals surface area contributed by atoms with Crippen molar-refractivity contribution in [2.45, 2.75) is 57.7 Å². The molecule has 0 spiro atoms. The second-order valence-electron chi connectivity index (χ2n) is 7.04. The first-order valence-electron chi connectivity index (χ1n) is 9.87. The maximum Gasteiger partial charge on any atom is 0.230 e. The van der Waals surface area contributed by atoms with Crippen LogP contribution in [0.1, 0.15) is 46.5 Å². The molecule has 2 amide bonds. The van der Waals surface area contributed by atoms with Gasteiger partial charge in [0, 0.05) is 45.2 Å². The summed E-state index contributed by atoms with van der Waals surface area (Å²) in [7, 11) is 0. The van der Waals surface area contributed by atoms with Gasteiger partial charge in [0.2, 0.25) is 11.8 Å². The highest BCUT2D eigenvalue weighted by Crippen LogP contribution is 2.24. The molecule has 0 aromatic carbocycles. The molecular weight excluding hydrogens is 398 g/mol. The average Bonchev–Trinajstić information content (AvgIpc) is 2.65. The number of piperazine rings is 1. The van der Waals surface area contributed by atoms with Gasteiger partial charge in [0.25, 0.3) is 0 Å². The topological polar surface area (TPSA) is 78.4 Å². The zero-order valence-corrected chi connectivity index (χ0v) is 18.5. The van der Waals surface area contributed by atoms with E-state index in [0.29, 0.717) is 36.5 Å². The SMILES string of the molecule is CCCCCCNC(=O)CSc1nc(Cl)cc(N2CCN(C(C)=O)[C@H](C)C2)n1. The predicted molar refractivity (Wildman–Crippen MR) is 114 cm³/mol. The summed E-state index contributed by atoms with van der Waals surface area (Å²) < 4.78 is 0. The molecule has 1 aliphatic rings. The summed E-state index contributed by atoms with van der Waals surface area (Å²) in [6, 6.07) is 1.84. The molecule has 1 saturated heterocycles. The lowest BCUT2D eigenvalue weighted by atomic mass is 10.2. The lowest BCUT2D eigenvalue weighted by Crippen LogP contribution is -2.53. The highest BCUT2D eigenvalue weighted by Gasteiger charge is 2.26. The van der Waals surface area contributed by atoms with E-state index >= 15 is 0 Å². The standard InChI is InChI=1S/C19H30ClN5O2S/c1-4-5-6-7-8-21-18(27)13-28-19-22-16(20)11-17(23-19)24-9-10-25(15(3)26)14(2)12-24/h11,14H,4-10,12-13H2,1-3H3,(H,21,27)/t14-/m1/s1. The Balaban J connectivity index is 1.87. The first-order chi connectivity index (χ1) is 13.4. The number of carbonyl (C=O) groups is 2. The Labute approximate surface area is 176 Å². The van der Waals surface area contributed by atoms with Crippen molar-refractivity contribution in [2.24, 2.45) is 0 Å². The fourth-order valence-corrected chi connectivity index (χ4v) is 4.12. The van der Waals surface area contributed by atoms with Gasteiger partial charge in [-0.15, -0.1) is 0 Å². The van der Waals surface area contributed by atoms with Gasteiger partial charge in [-0.2, -0.15) is 0 Å². The summed E-state index contributed by atoms with van der Waals surface area (Å²) >= 11 is 7.46. The van der Waals surface area contributed by atoms with E-state index in [0.717, 1.165) is 18.7 Å². The maximum atomic E-state index is 12.0. The monoisotopic (exact) mass is 427 g/mol. The zero-order chi connectivity index (χ0) is 20.5. The van der Waals surface area contributed by atoms with Gasteiger partial charge in [-0.25, -0.2) is 9.97 Å². The molecule has 0 aliphatic carbocycles. The number of hydrogen-bond acceptors (Lipinski definition) is 6. The lowest BCUT2D eigenvalue weighted by molar-refractivity contribution is -0.131. The number of nitrogens with one attached hydrogen (secondary N) is 1. The zero-order valence-electron chi connectivity index (χ0n) is 16.9. The van der Waals surface area contributed by atoms with Crippen molar-refractivity contribution in [3.8, 4) is 0 Å². The third-order valence-corrected chi connectivity index (χ3v) is 5.74. The molecule has 9 heteroatoms. The number of halogens is 1. The molecule has 1 N–H and O–H groups in total. The molecule has 1 atom stereocenters. The highest BCUT2D eigenvalue weighted by molar-refractivity contribution is 7.99. The summed E-state index contributed by atoms with van der Waals surface area (Å²) in [4.78, 5) is 36.4. The molecular formula is C19H30ClN5O2S. The van der Waals surface area contributed by atoms with Crippen LogP contribution in [0, 0.1) is 0 Å². The Morgan fingerprint density at radius 3 is 2.75 bits per heavy atom. The number of carbonyl (C=O) groups excluding carboxylic acids is 2. The van der Waals surface area contributed by atoms with E-state index in [-0.39, 0.29) is 23.6 Å². The van der Waals surface area contributed by atoms with Gasteiger partial charge in [-0.1, -0.05) is 49.5 Å². The van der Waals surface area contributed by atoms with E-state index in [2.05, 4.69) is 27.1 Å². The highest BCUT2D eigenvalue weighted by atomic mass is 35.5. The number of unbranched alkanes of at least 4 members (excludes halogenated alkanes) is 3. The van der Waals surface area contributed by atoms with E-state index in [1.54, 1.807) is 13.0 Å². The molecule has 1 aromatic rings. The molecule has 2 heterocycles. The lowest BCUT2D eigenvalue weighted by Gasteiger charge is -2.40. The quantitative estimate of drug-likeness (QED) is 0.282. The Morgan fingerprint density at radius 1 is 1.29 bits per heavy atom. The Hall–Kier alpha value is -1.54. The van der Waals surface area contributed by atoms with Crippen LogP contribution < -0.4 is 10.2 Å². The molecule has 1 fully saturated rings. The van der Waals surface area contributed by atoms with Crippen molar-refractivity contribution in [3.63, 3.8) is 0 Å². The van der Waals surface area contributed by atoms with E-state index in [1.807, 2.05) is 11.8 Å². The van der Waals surface area contributed by atoms with Gasteiger partial charge < -0.3 is 15.1 Å². The summed E-state index contributed by atoms with van der Waals surface area (Å²) in [5, 5.41) is 3.78. The number of nitrogens with zero attached hydrogens (tertiary/aromatic N) is 4. The minimum Gasteiger partial charge on any atom is -0.355 e. The van der Waals surface area contributed by atoms with Crippen molar-refractivity contribution in [1.82, 2.24) is 20.2 Å². The molecule has 7 nitrogen and oxygen atoms in total. The summed E-state index contributed by atoms with van der Waals surface area (Å²) in [6.07, 6.45) is 4.52. The van der Waals surface area contributed by atoms with Crippen molar-refractivity contribution in [3.05, 3.63) is 11.2 Å². The number of amides is 2. The molecule has 0 saturated carbocycles. The number of thioether (sulfide) groups is 1. The molecule has 0 radical (unpaired) electrons. The van der Waals surface area contributed by atoms with E-state index in [9.17, 15) is 9.59 Å². The van der Waals surface area contributed by atoms with Crippen LogP contribution in [0.5, 0.6) is 0 Å². The van der Waals surface area contributed by atoms with E-state index in [1.165, 1.54) is 24.6 Å². The Kier molecular flexibility index (Phi) is 9.31. The second kappa shape index (κ2) is 11.5. The van der Waals surface area contributed by atoms with Crippen LogP contribution in [0.25, 0.3) is 0 Å². The first-order valence-corrected chi connectivity index (χ1v) is 11.2. The molecule has 0 bridgehead atoms. The fourth-order valence-electron chi connectivity index (χ4n) is 3.21. The summed E-state index contributed by atoms with van der Waals surface area (Å²) in [5.41, 5.74) is 0. The summed E-state index contributed by atoms with van der Waals surface area (Å²) in [6.45, 7) is 8.53. The predicted octanol–water partition coefficient (Wildman–Crippen LogP) is 2.98. The Bertz CT molecular complexity index is 676. The number of rotatable bonds is 9. The Morgan fingerprint density at radius 2 is 2.07 bits per heavy atom. The van der Waals surface area contributed by atoms with Gasteiger partial charge >= 0.3 is 0 Å². The molecule has 1 aliphatic heterocycles.